The molecule has 0 saturated carbocycles. The number of carbonyl (C=O) groups is 1. The Kier molecular flexibility index (Phi) is 2.87. The number of hydrogen-bond acceptors (Lipinski definition) is 4. The highest BCUT2D eigenvalue weighted by molar-refractivity contribution is 7.80. The van der Waals surface area contributed by atoms with Crippen LogP contribution in [0.2, 0.25) is 0 Å². The van der Waals surface area contributed by atoms with Gasteiger partial charge in [-0.2, -0.15) is 0 Å². The second-order valence-electron chi connectivity index (χ2n) is 2.02. The summed E-state index contributed by atoms with van der Waals surface area (Å²) in [6.45, 7) is 0.806. The Balaban J connectivity index is 2.51. The van der Waals surface area contributed by atoms with E-state index in [2.05, 4.69) is 17.5 Å². The van der Waals surface area contributed by atoms with E-state index in [1.54, 1.807) is 0 Å². The molecule has 0 aromatic carbocycles. The number of ether oxygens (including phenoxy) is 2. The van der Waals surface area contributed by atoms with Crippen molar-refractivity contribution < 1.29 is 14.3 Å². The van der Waals surface area contributed by atoms with Crippen molar-refractivity contribution in [2.45, 2.75) is 0 Å². The highest BCUT2D eigenvalue weighted by Gasteiger charge is 2.14. The predicted octanol–water partition coefficient (Wildman–Crippen LogP) is -0.766. The monoisotopic (exact) mass is 188 g/mol. The van der Waals surface area contributed by atoms with Crippen molar-refractivity contribution in [3.05, 3.63) is 12.0 Å². The van der Waals surface area contributed by atoms with Crippen LogP contribution < -0.4 is 11.1 Å². The molecule has 0 bridgehead atoms. The maximum absolute atomic E-state index is 11.1. The van der Waals surface area contributed by atoms with Crippen molar-refractivity contribution in [2.24, 2.45) is 5.73 Å². The summed E-state index contributed by atoms with van der Waals surface area (Å²) in [4.78, 5) is 11.1. The van der Waals surface area contributed by atoms with Crippen LogP contribution in [-0.4, -0.2) is 24.2 Å². The topological polar surface area (TPSA) is 73.6 Å². The minimum atomic E-state index is -0.484. The van der Waals surface area contributed by atoms with Gasteiger partial charge in [-0.1, -0.05) is 0 Å². The molecule has 12 heavy (non-hydrogen) atoms. The quantitative estimate of drug-likeness (QED) is 0.529. The van der Waals surface area contributed by atoms with Crippen LogP contribution in [0.4, 0.5) is 0 Å². The van der Waals surface area contributed by atoms with Gasteiger partial charge in [-0.05, 0) is 12.2 Å². The molecule has 1 rings (SSSR count). The van der Waals surface area contributed by atoms with Crippen molar-refractivity contribution in [3.63, 3.8) is 0 Å². The third-order valence-electron chi connectivity index (χ3n) is 1.11. The molecule has 0 aromatic rings. The third kappa shape index (κ3) is 2.39. The molecule has 0 aromatic heterocycles. The molecule has 1 aliphatic heterocycles. The summed E-state index contributed by atoms with van der Waals surface area (Å²) in [5, 5.41) is 2.12. The Morgan fingerprint density at radius 3 is 2.92 bits per heavy atom. The van der Waals surface area contributed by atoms with Crippen LogP contribution in [0.25, 0.3) is 0 Å². The van der Waals surface area contributed by atoms with Gasteiger partial charge in [0.05, 0.1) is 0 Å². The van der Waals surface area contributed by atoms with E-state index >= 15 is 0 Å². The third-order valence-corrected chi connectivity index (χ3v) is 1.21. The predicted molar refractivity (Wildman–Crippen MR) is 44.9 cm³/mol. The summed E-state index contributed by atoms with van der Waals surface area (Å²) in [6.07, 6.45) is 1.23. The fraction of sp³-hybridized carbons (Fsp3) is 0.333. The lowest BCUT2D eigenvalue weighted by Gasteiger charge is -2.14. The Morgan fingerprint density at radius 2 is 2.42 bits per heavy atom. The van der Waals surface area contributed by atoms with E-state index in [4.69, 9.17) is 15.2 Å². The van der Waals surface area contributed by atoms with Crippen molar-refractivity contribution in [3.8, 4) is 0 Å². The smallest absolute Gasteiger partial charge is 0.295 e. The van der Waals surface area contributed by atoms with E-state index in [-0.39, 0.29) is 10.9 Å². The van der Waals surface area contributed by atoms with E-state index in [0.717, 1.165) is 0 Å². The summed E-state index contributed by atoms with van der Waals surface area (Å²) >= 11 is 4.46. The van der Waals surface area contributed by atoms with Crippen molar-refractivity contribution in [2.75, 3.05) is 13.2 Å². The second-order valence-corrected chi connectivity index (χ2v) is 2.46. The van der Waals surface area contributed by atoms with Gasteiger partial charge in [0, 0.05) is 0 Å². The molecule has 3 N–H and O–H groups in total. The molecule has 1 heterocycles. The van der Waals surface area contributed by atoms with Gasteiger partial charge in [0.25, 0.3) is 5.91 Å². The normalized spacial score (nSPS) is 15.2. The highest BCUT2D eigenvalue weighted by Crippen LogP contribution is 2.03. The maximum Gasteiger partial charge on any atom is 0.295 e. The first-order valence-electron chi connectivity index (χ1n) is 3.25. The van der Waals surface area contributed by atoms with Gasteiger partial charge >= 0.3 is 0 Å². The van der Waals surface area contributed by atoms with Gasteiger partial charge in [0.1, 0.15) is 19.5 Å². The number of amides is 1. The Hall–Kier alpha value is -1.30. The van der Waals surface area contributed by atoms with E-state index in [9.17, 15) is 4.79 Å². The molecule has 0 fully saturated rings. The lowest BCUT2D eigenvalue weighted by Crippen LogP contribution is -2.37. The number of nitrogens with one attached hydrogen (secondary N) is 1. The summed E-state index contributed by atoms with van der Waals surface area (Å²) in [5.74, 6) is -0.392. The standard InChI is InChI=1S/C6H8N2O3S/c7-6(12)8-5(9)4-3-10-1-2-11-4/h3H,1-2H2,(H3,7,8,9,12). The van der Waals surface area contributed by atoms with Crippen LogP contribution in [-0.2, 0) is 14.3 Å². The van der Waals surface area contributed by atoms with Gasteiger partial charge in [0.15, 0.2) is 5.11 Å². The number of carbonyl (C=O) groups excluding carboxylic acids is 1. The Morgan fingerprint density at radius 1 is 1.67 bits per heavy atom. The summed E-state index contributed by atoms with van der Waals surface area (Å²) in [6, 6.07) is 0. The van der Waals surface area contributed by atoms with Crippen molar-refractivity contribution >= 4 is 23.2 Å². The first kappa shape index (κ1) is 8.79. The maximum atomic E-state index is 11.1. The van der Waals surface area contributed by atoms with Crippen LogP contribution in [0.1, 0.15) is 0 Å². The molecule has 66 valence electrons. The second kappa shape index (κ2) is 3.91. The SMILES string of the molecule is NC(=S)NC(=O)C1=COCCO1. The van der Waals surface area contributed by atoms with Crippen molar-refractivity contribution in [1.29, 1.82) is 0 Å². The lowest BCUT2D eigenvalue weighted by molar-refractivity contribution is -0.120. The van der Waals surface area contributed by atoms with Crippen LogP contribution in [0.5, 0.6) is 0 Å². The average Bonchev–Trinajstić information content (AvgIpc) is 2.05. The van der Waals surface area contributed by atoms with Gasteiger partial charge in [-0.15, -0.1) is 0 Å². The average molecular weight is 188 g/mol. The lowest BCUT2D eigenvalue weighted by atomic mass is 10.5. The minimum absolute atomic E-state index is 0.0879. The summed E-state index contributed by atoms with van der Waals surface area (Å²) in [7, 11) is 0. The van der Waals surface area contributed by atoms with Gasteiger partial charge in [-0.25, -0.2) is 0 Å². The zero-order valence-corrected chi connectivity index (χ0v) is 7.02. The molecule has 0 saturated heterocycles. The first-order chi connectivity index (χ1) is 5.70. The van der Waals surface area contributed by atoms with Crippen LogP contribution in [0.3, 0.4) is 0 Å². The molecule has 5 nitrogen and oxygen atoms in total. The highest BCUT2D eigenvalue weighted by atomic mass is 32.1. The van der Waals surface area contributed by atoms with Crippen molar-refractivity contribution in [1.82, 2.24) is 5.32 Å². The van der Waals surface area contributed by atoms with Gasteiger partial charge in [0.2, 0.25) is 5.76 Å². The Bertz CT molecular complexity index is 239. The molecular weight excluding hydrogens is 180 g/mol. The number of thiocarbonyl (C=S) groups is 1. The van der Waals surface area contributed by atoms with E-state index in [0.29, 0.717) is 13.2 Å². The molecular formula is C6H8N2O3S. The minimum Gasteiger partial charge on any atom is -0.494 e. The van der Waals surface area contributed by atoms with Gasteiger partial charge in [-0.3, -0.25) is 10.1 Å². The fourth-order valence-corrected chi connectivity index (χ4v) is 0.754. The molecule has 0 aliphatic carbocycles. The molecule has 0 radical (unpaired) electrons. The molecule has 0 atom stereocenters. The number of hydrogen-bond donors (Lipinski definition) is 2. The summed E-state index contributed by atoms with van der Waals surface area (Å²) in [5.41, 5.74) is 5.08. The van der Waals surface area contributed by atoms with Crippen LogP contribution in [0.15, 0.2) is 12.0 Å². The van der Waals surface area contributed by atoms with Gasteiger partial charge < -0.3 is 15.2 Å². The van der Waals surface area contributed by atoms with Crippen LogP contribution >= 0.6 is 12.2 Å². The van der Waals surface area contributed by atoms with E-state index in [1.807, 2.05) is 0 Å². The zero-order valence-electron chi connectivity index (χ0n) is 6.20. The fourth-order valence-electron chi connectivity index (χ4n) is 0.661. The summed E-state index contributed by atoms with van der Waals surface area (Å²) < 4.78 is 9.80. The van der Waals surface area contributed by atoms with E-state index < -0.39 is 5.91 Å². The molecule has 1 amide bonds. The zero-order chi connectivity index (χ0) is 8.97. The van der Waals surface area contributed by atoms with E-state index in [1.165, 1.54) is 6.26 Å². The number of rotatable bonds is 1. The molecule has 0 unspecified atom stereocenters. The first-order valence-corrected chi connectivity index (χ1v) is 3.66. The van der Waals surface area contributed by atoms with Crippen LogP contribution in [0, 0.1) is 0 Å². The molecule has 1 aliphatic rings. The molecule has 6 heteroatoms. The largest absolute Gasteiger partial charge is 0.494 e. The Labute approximate surface area is 74.5 Å². The molecule has 0 spiro atoms. The number of nitrogens with two attached hydrogens (primary N) is 1.